The van der Waals surface area contributed by atoms with Crippen LogP contribution in [0.3, 0.4) is 0 Å². The van der Waals surface area contributed by atoms with E-state index >= 15 is 0 Å². The highest BCUT2D eigenvalue weighted by atomic mass is 16.3. The SMILES string of the molecule is CC(=O)c1ccc(O)c(CN2C(=O)c3ccccc3C2=O)c1. The van der Waals surface area contributed by atoms with Crippen LogP contribution in [0.15, 0.2) is 42.5 Å². The summed E-state index contributed by atoms with van der Waals surface area (Å²) in [5.74, 6) is -0.994. The lowest BCUT2D eigenvalue weighted by Crippen LogP contribution is -2.29. The topological polar surface area (TPSA) is 74.7 Å². The standard InChI is InChI=1S/C17H13NO4/c1-10(19)11-6-7-15(20)12(8-11)9-18-16(21)13-4-2-3-5-14(13)17(18)22/h2-8,20H,9H2,1H3. The molecule has 3 rings (SSSR count). The highest BCUT2D eigenvalue weighted by Crippen LogP contribution is 2.27. The summed E-state index contributed by atoms with van der Waals surface area (Å²) in [5.41, 5.74) is 1.50. The quantitative estimate of drug-likeness (QED) is 0.697. The van der Waals surface area contributed by atoms with Gasteiger partial charge in [-0.05, 0) is 37.3 Å². The Morgan fingerprint density at radius 2 is 1.64 bits per heavy atom. The number of phenols is 1. The van der Waals surface area contributed by atoms with Gasteiger partial charge in [0.15, 0.2) is 5.78 Å². The monoisotopic (exact) mass is 295 g/mol. The summed E-state index contributed by atoms with van der Waals surface area (Å²) in [6.07, 6.45) is 0. The molecule has 0 saturated carbocycles. The predicted molar refractivity (Wildman–Crippen MR) is 78.8 cm³/mol. The second-order valence-electron chi connectivity index (χ2n) is 5.14. The number of hydrogen-bond acceptors (Lipinski definition) is 4. The molecule has 5 nitrogen and oxygen atoms in total. The number of carbonyl (C=O) groups is 3. The van der Waals surface area contributed by atoms with Crippen molar-refractivity contribution >= 4 is 17.6 Å². The molecule has 1 N–H and O–H groups in total. The van der Waals surface area contributed by atoms with Crippen molar-refractivity contribution in [1.82, 2.24) is 4.90 Å². The van der Waals surface area contributed by atoms with Gasteiger partial charge in [-0.15, -0.1) is 0 Å². The van der Waals surface area contributed by atoms with E-state index in [1.54, 1.807) is 24.3 Å². The summed E-state index contributed by atoms with van der Waals surface area (Å²) in [7, 11) is 0. The molecule has 0 unspecified atom stereocenters. The van der Waals surface area contributed by atoms with E-state index in [1.807, 2.05) is 0 Å². The largest absolute Gasteiger partial charge is 0.508 e. The summed E-state index contributed by atoms with van der Waals surface area (Å²) in [6.45, 7) is 1.34. The fourth-order valence-corrected chi connectivity index (χ4v) is 2.48. The lowest BCUT2D eigenvalue weighted by atomic mass is 10.1. The zero-order valence-electron chi connectivity index (χ0n) is 11.9. The highest BCUT2D eigenvalue weighted by Gasteiger charge is 2.35. The summed E-state index contributed by atoms with van der Waals surface area (Å²) in [4.78, 5) is 37.1. The van der Waals surface area contributed by atoms with Crippen molar-refractivity contribution in [2.24, 2.45) is 0 Å². The van der Waals surface area contributed by atoms with E-state index in [9.17, 15) is 19.5 Å². The molecule has 0 aromatic heterocycles. The lowest BCUT2D eigenvalue weighted by Gasteiger charge is -2.15. The molecule has 5 heteroatoms. The molecular formula is C17H13NO4. The van der Waals surface area contributed by atoms with Crippen LogP contribution >= 0.6 is 0 Å². The second-order valence-corrected chi connectivity index (χ2v) is 5.14. The van der Waals surface area contributed by atoms with E-state index < -0.39 is 11.8 Å². The molecule has 0 fully saturated rings. The number of ketones is 1. The molecule has 0 aliphatic carbocycles. The molecule has 0 radical (unpaired) electrons. The molecule has 0 saturated heterocycles. The first-order chi connectivity index (χ1) is 10.5. The average Bonchev–Trinajstić information content (AvgIpc) is 2.74. The number of fused-ring (bicyclic) bond motifs is 1. The first-order valence-electron chi connectivity index (χ1n) is 6.77. The molecule has 1 aliphatic rings. The van der Waals surface area contributed by atoms with Crippen molar-refractivity contribution in [1.29, 1.82) is 0 Å². The Morgan fingerprint density at radius 1 is 1.05 bits per heavy atom. The Balaban J connectivity index is 1.95. The molecule has 1 heterocycles. The van der Waals surface area contributed by atoms with Gasteiger partial charge >= 0.3 is 0 Å². The molecule has 2 aromatic carbocycles. The number of amides is 2. The van der Waals surface area contributed by atoms with Crippen molar-refractivity contribution in [2.45, 2.75) is 13.5 Å². The van der Waals surface area contributed by atoms with Crippen LogP contribution < -0.4 is 0 Å². The summed E-state index contributed by atoms with van der Waals surface area (Å²) in [6, 6.07) is 11.0. The number of rotatable bonds is 3. The summed E-state index contributed by atoms with van der Waals surface area (Å²) in [5, 5.41) is 9.91. The van der Waals surface area contributed by atoms with Crippen LogP contribution in [0.1, 0.15) is 43.6 Å². The van der Waals surface area contributed by atoms with Crippen molar-refractivity contribution < 1.29 is 19.5 Å². The molecule has 2 amide bonds. The van der Waals surface area contributed by atoms with Crippen LogP contribution in [-0.4, -0.2) is 27.6 Å². The van der Waals surface area contributed by atoms with Gasteiger partial charge in [0, 0.05) is 11.1 Å². The molecule has 0 atom stereocenters. The predicted octanol–water partition coefficient (Wildman–Crippen LogP) is 2.39. The minimum atomic E-state index is -0.395. The Kier molecular flexibility index (Phi) is 3.25. The number of nitrogens with zero attached hydrogens (tertiary/aromatic N) is 1. The molecule has 0 bridgehead atoms. The minimum Gasteiger partial charge on any atom is -0.508 e. The Labute approximate surface area is 126 Å². The van der Waals surface area contributed by atoms with Crippen LogP contribution in [0.2, 0.25) is 0 Å². The van der Waals surface area contributed by atoms with Gasteiger partial charge in [-0.2, -0.15) is 0 Å². The van der Waals surface area contributed by atoms with E-state index in [-0.39, 0.29) is 18.1 Å². The number of Topliss-reactive ketones (excluding diaryl/α,β-unsaturated/α-hetero) is 1. The van der Waals surface area contributed by atoms with E-state index in [2.05, 4.69) is 0 Å². The average molecular weight is 295 g/mol. The van der Waals surface area contributed by atoms with E-state index in [0.29, 0.717) is 22.3 Å². The van der Waals surface area contributed by atoms with Gasteiger partial charge < -0.3 is 5.11 Å². The Hall–Kier alpha value is -2.95. The smallest absolute Gasteiger partial charge is 0.261 e. The number of aromatic hydroxyl groups is 1. The van der Waals surface area contributed by atoms with Crippen LogP contribution in [-0.2, 0) is 6.54 Å². The third-order valence-electron chi connectivity index (χ3n) is 3.69. The number of benzene rings is 2. The van der Waals surface area contributed by atoms with E-state index in [4.69, 9.17) is 0 Å². The van der Waals surface area contributed by atoms with Crippen LogP contribution in [0.5, 0.6) is 5.75 Å². The first kappa shape index (κ1) is 14.0. The maximum absolute atomic E-state index is 12.3. The van der Waals surface area contributed by atoms with Gasteiger partial charge in [-0.1, -0.05) is 12.1 Å². The Morgan fingerprint density at radius 3 is 2.18 bits per heavy atom. The zero-order valence-corrected chi connectivity index (χ0v) is 11.9. The van der Waals surface area contributed by atoms with Crippen LogP contribution in [0, 0.1) is 0 Å². The maximum atomic E-state index is 12.3. The molecule has 1 aliphatic heterocycles. The molecular weight excluding hydrogens is 282 g/mol. The summed E-state index contributed by atoms with van der Waals surface area (Å²) >= 11 is 0. The Bertz CT molecular complexity index is 775. The summed E-state index contributed by atoms with van der Waals surface area (Å²) < 4.78 is 0. The van der Waals surface area contributed by atoms with Crippen LogP contribution in [0.4, 0.5) is 0 Å². The van der Waals surface area contributed by atoms with Crippen molar-refractivity contribution in [2.75, 3.05) is 0 Å². The van der Waals surface area contributed by atoms with E-state index in [0.717, 1.165) is 4.90 Å². The van der Waals surface area contributed by atoms with Gasteiger partial charge in [-0.3, -0.25) is 19.3 Å². The van der Waals surface area contributed by atoms with Gasteiger partial charge in [0.1, 0.15) is 5.75 Å². The van der Waals surface area contributed by atoms with Crippen molar-refractivity contribution in [3.8, 4) is 5.75 Å². The normalized spacial score (nSPS) is 13.4. The maximum Gasteiger partial charge on any atom is 0.261 e. The fraction of sp³-hybridized carbons (Fsp3) is 0.118. The third-order valence-corrected chi connectivity index (χ3v) is 3.69. The van der Waals surface area contributed by atoms with Crippen LogP contribution in [0.25, 0.3) is 0 Å². The molecule has 0 spiro atoms. The van der Waals surface area contributed by atoms with Crippen molar-refractivity contribution in [3.05, 3.63) is 64.7 Å². The molecule has 2 aromatic rings. The number of carbonyl (C=O) groups excluding carboxylic acids is 3. The van der Waals surface area contributed by atoms with Gasteiger partial charge in [0.05, 0.1) is 17.7 Å². The van der Waals surface area contributed by atoms with Crippen molar-refractivity contribution in [3.63, 3.8) is 0 Å². The lowest BCUT2D eigenvalue weighted by molar-refractivity contribution is 0.0641. The first-order valence-corrected chi connectivity index (χ1v) is 6.77. The van der Waals surface area contributed by atoms with Gasteiger partial charge in [0.25, 0.3) is 11.8 Å². The second kappa shape index (κ2) is 5.11. The number of hydrogen-bond donors (Lipinski definition) is 1. The zero-order chi connectivity index (χ0) is 15.9. The molecule has 110 valence electrons. The van der Waals surface area contributed by atoms with Gasteiger partial charge in [0.2, 0.25) is 0 Å². The number of phenolic OH excluding ortho intramolecular Hbond substituents is 1. The third kappa shape index (κ3) is 2.16. The minimum absolute atomic E-state index is 0.0541. The fourth-order valence-electron chi connectivity index (χ4n) is 2.48. The van der Waals surface area contributed by atoms with Gasteiger partial charge in [-0.25, -0.2) is 0 Å². The number of imide groups is 1. The molecule has 22 heavy (non-hydrogen) atoms. The van der Waals surface area contributed by atoms with E-state index in [1.165, 1.54) is 25.1 Å². The highest BCUT2D eigenvalue weighted by molar-refractivity contribution is 6.21.